The molecule has 2 aliphatic rings. The number of imide groups is 1. The van der Waals surface area contributed by atoms with Crippen LogP contribution in [0.15, 0.2) is 48.5 Å². The second kappa shape index (κ2) is 13.1. The minimum Gasteiger partial charge on any atom is -0.496 e. The van der Waals surface area contributed by atoms with E-state index < -0.39 is 29.6 Å². The van der Waals surface area contributed by atoms with Crippen molar-refractivity contribution in [1.82, 2.24) is 20.4 Å². The number of methoxy groups -OCH3 is 1. The summed E-state index contributed by atoms with van der Waals surface area (Å²) in [5, 5.41) is 9.05. The van der Waals surface area contributed by atoms with Crippen LogP contribution in [-0.2, 0) is 20.9 Å². The van der Waals surface area contributed by atoms with Crippen molar-refractivity contribution in [2.75, 3.05) is 39.6 Å². The Morgan fingerprint density at radius 3 is 2.40 bits per heavy atom. The van der Waals surface area contributed by atoms with Gasteiger partial charge in [0.25, 0.3) is 0 Å². The Balaban J connectivity index is 1.40. The van der Waals surface area contributed by atoms with Gasteiger partial charge in [0.15, 0.2) is 0 Å². The number of urea groups is 1. The molecule has 2 heterocycles. The van der Waals surface area contributed by atoms with E-state index in [2.05, 4.69) is 16.0 Å². The zero-order valence-corrected chi connectivity index (χ0v) is 26.1. The predicted molar refractivity (Wildman–Crippen MR) is 169 cm³/mol. The zero-order chi connectivity index (χ0) is 32.4. The monoisotopic (exact) mass is 615 g/mol. The van der Waals surface area contributed by atoms with Gasteiger partial charge >= 0.3 is 6.03 Å². The third-order valence-electron chi connectivity index (χ3n) is 8.75. The number of hydrogen-bond donors (Lipinski definition) is 3. The molecule has 5 amide bonds. The smallest absolute Gasteiger partial charge is 0.326 e. The topological polar surface area (TPSA) is 120 Å². The van der Waals surface area contributed by atoms with Gasteiger partial charge in [0.1, 0.15) is 17.5 Å². The molecule has 3 aromatic carbocycles. The second-order valence-electron chi connectivity index (χ2n) is 11.6. The van der Waals surface area contributed by atoms with Crippen LogP contribution in [0.5, 0.6) is 5.75 Å². The van der Waals surface area contributed by atoms with Crippen molar-refractivity contribution >= 4 is 29.4 Å². The Kier molecular flexibility index (Phi) is 9.19. The molecule has 3 N–H and O–H groups in total. The number of ether oxygens (including phenoxy) is 1. The van der Waals surface area contributed by atoms with Crippen molar-refractivity contribution in [1.29, 1.82) is 0 Å². The summed E-state index contributed by atoms with van der Waals surface area (Å²) in [6.45, 7) is 4.63. The number of piperidine rings is 1. The van der Waals surface area contributed by atoms with E-state index in [1.165, 1.54) is 25.1 Å². The summed E-state index contributed by atoms with van der Waals surface area (Å²) in [7, 11) is 4.44. The van der Waals surface area contributed by atoms with Gasteiger partial charge < -0.3 is 25.6 Å². The van der Waals surface area contributed by atoms with Crippen molar-refractivity contribution < 1.29 is 28.3 Å². The molecule has 2 aliphatic heterocycles. The van der Waals surface area contributed by atoms with Crippen LogP contribution in [0.1, 0.15) is 29.5 Å². The Morgan fingerprint density at radius 2 is 1.71 bits per heavy atom. The van der Waals surface area contributed by atoms with E-state index in [0.717, 1.165) is 32.7 Å². The highest BCUT2D eigenvalue weighted by molar-refractivity contribution is 6.12. The first-order valence-electron chi connectivity index (χ1n) is 14.9. The number of nitrogens with one attached hydrogen (secondary N) is 3. The van der Waals surface area contributed by atoms with Gasteiger partial charge in [-0.05, 0) is 71.8 Å². The Bertz CT molecular complexity index is 1660. The van der Waals surface area contributed by atoms with Crippen LogP contribution in [0, 0.1) is 25.6 Å². The van der Waals surface area contributed by atoms with Crippen LogP contribution in [0.3, 0.4) is 0 Å². The van der Waals surface area contributed by atoms with Crippen LogP contribution in [0.2, 0.25) is 0 Å². The van der Waals surface area contributed by atoms with E-state index in [9.17, 15) is 19.2 Å². The average Bonchev–Trinajstić information content (AvgIpc) is 3.03. The molecule has 11 heteroatoms. The molecule has 0 spiro atoms. The number of rotatable bonds is 8. The van der Waals surface area contributed by atoms with Crippen molar-refractivity contribution in [3.8, 4) is 28.0 Å². The van der Waals surface area contributed by atoms with Gasteiger partial charge in [-0.1, -0.05) is 30.3 Å². The molecule has 0 radical (unpaired) electrons. The summed E-state index contributed by atoms with van der Waals surface area (Å²) >= 11 is 0. The number of carbonyl (C=O) groups excluding carboxylic acids is 4. The van der Waals surface area contributed by atoms with Crippen LogP contribution < -0.4 is 20.7 Å². The van der Waals surface area contributed by atoms with E-state index in [1.54, 1.807) is 13.1 Å². The van der Waals surface area contributed by atoms with E-state index in [-0.39, 0.29) is 25.0 Å². The molecule has 10 nitrogen and oxygen atoms in total. The third-order valence-corrected chi connectivity index (χ3v) is 8.75. The first-order valence-corrected chi connectivity index (χ1v) is 14.9. The molecular formula is C34H38FN5O5. The van der Waals surface area contributed by atoms with Crippen molar-refractivity contribution in [2.45, 2.75) is 39.3 Å². The summed E-state index contributed by atoms with van der Waals surface area (Å²) in [5.41, 5.74) is 5.97. The molecule has 2 fully saturated rings. The van der Waals surface area contributed by atoms with E-state index in [4.69, 9.17) is 4.74 Å². The summed E-state index contributed by atoms with van der Waals surface area (Å²) in [6, 6.07) is 14.3. The van der Waals surface area contributed by atoms with Gasteiger partial charge in [-0.15, -0.1) is 0 Å². The maximum absolute atomic E-state index is 15.6. The summed E-state index contributed by atoms with van der Waals surface area (Å²) in [5.74, 6) is -1.98. The van der Waals surface area contributed by atoms with Gasteiger partial charge in [-0.2, -0.15) is 0 Å². The first kappa shape index (κ1) is 31.6. The number of anilines is 1. The SMILES string of the molecule is COc1cc(-c2cccc(-c3cccc(NC(=O)C4CN(C)C(=O)N(C)C4=O)c3C)c2C)cc(F)c1CN[C@@H]1CCC(=O)NC1. The highest BCUT2D eigenvalue weighted by Gasteiger charge is 2.39. The van der Waals surface area contributed by atoms with E-state index >= 15 is 4.39 Å². The first-order chi connectivity index (χ1) is 21.5. The van der Waals surface area contributed by atoms with Crippen LogP contribution in [0.25, 0.3) is 22.3 Å². The second-order valence-corrected chi connectivity index (χ2v) is 11.6. The minimum absolute atomic E-state index is 0.00139. The molecule has 0 aliphatic carbocycles. The number of amides is 5. The summed E-state index contributed by atoms with van der Waals surface area (Å²) < 4.78 is 21.2. The molecule has 45 heavy (non-hydrogen) atoms. The zero-order valence-electron chi connectivity index (χ0n) is 26.1. The normalized spacial score (nSPS) is 18.6. The molecule has 0 bridgehead atoms. The molecule has 1 unspecified atom stereocenters. The van der Waals surface area contributed by atoms with E-state index in [0.29, 0.717) is 42.0 Å². The number of benzene rings is 3. The highest BCUT2D eigenvalue weighted by atomic mass is 19.1. The maximum Gasteiger partial charge on any atom is 0.326 e. The fourth-order valence-corrected chi connectivity index (χ4v) is 6.01. The fraction of sp³-hybridized carbons (Fsp3) is 0.353. The quantitative estimate of drug-likeness (QED) is 0.327. The lowest BCUT2D eigenvalue weighted by Gasteiger charge is -2.33. The molecular weight excluding hydrogens is 577 g/mol. The van der Waals surface area contributed by atoms with Crippen molar-refractivity contribution in [3.63, 3.8) is 0 Å². The largest absolute Gasteiger partial charge is 0.496 e. The van der Waals surface area contributed by atoms with Crippen LogP contribution in [-0.4, -0.2) is 73.9 Å². The van der Waals surface area contributed by atoms with Crippen LogP contribution >= 0.6 is 0 Å². The number of carbonyl (C=O) groups is 4. The molecule has 0 aromatic heterocycles. The van der Waals surface area contributed by atoms with Gasteiger partial charge in [0.2, 0.25) is 17.7 Å². The summed E-state index contributed by atoms with van der Waals surface area (Å²) in [6.07, 6.45) is 1.14. The lowest BCUT2D eigenvalue weighted by atomic mass is 9.90. The highest BCUT2D eigenvalue weighted by Crippen LogP contribution is 2.38. The molecule has 236 valence electrons. The van der Waals surface area contributed by atoms with Crippen molar-refractivity contribution in [3.05, 3.63) is 71.0 Å². The number of halogens is 1. The molecule has 0 saturated carbocycles. The molecule has 3 aromatic rings. The summed E-state index contributed by atoms with van der Waals surface area (Å²) in [4.78, 5) is 51.8. The third kappa shape index (κ3) is 6.39. The average molecular weight is 616 g/mol. The van der Waals surface area contributed by atoms with Crippen LogP contribution in [0.4, 0.5) is 14.9 Å². The van der Waals surface area contributed by atoms with Crippen molar-refractivity contribution in [2.24, 2.45) is 5.92 Å². The standard InChI is InChI=1S/C34H38FN5O5/c1-19-23(21-14-28(35)26(30(15-21)45-5)17-36-22-12-13-31(41)37-16-22)8-6-9-24(19)25-10-7-11-29(20(25)2)38-32(42)27-18-39(3)34(44)40(4)33(27)43/h6-11,14-15,22,27,36H,12-13,16-18H2,1-5H3,(H,37,41)(H,38,42)/t22-,27?/m1/s1. The fourth-order valence-electron chi connectivity index (χ4n) is 6.01. The predicted octanol–water partition coefficient (Wildman–Crippen LogP) is 4.23. The lowest BCUT2D eigenvalue weighted by Crippen LogP contribution is -2.56. The van der Waals surface area contributed by atoms with Gasteiger partial charge in [-0.25, -0.2) is 9.18 Å². The number of hydrogen-bond acceptors (Lipinski definition) is 6. The lowest BCUT2D eigenvalue weighted by molar-refractivity contribution is -0.140. The molecule has 5 rings (SSSR count). The van der Waals surface area contributed by atoms with Gasteiger partial charge in [-0.3, -0.25) is 19.3 Å². The maximum atomic E-state index is 15.6. The number of nitrogens with zero attached hydrogens (tertiary/aromatic N) is 2. The Hall–Kier alpha value is -4.77. The molecule has 2 atom stereocenters. The van der Waals surface area contributed by atoms with E-state index in [1.807, 2.05) is 50.2 Å². The Morgan fingerprint density at radius 1 is 1.02 bits per heavy atom. The van der Waals surface area contributed by atoms with Gasteiger partial charge in [0.05, 0.1) is 7.11 Å². The molecule has 2 saturated heterocycles. The Labute approximate surface area is 261 Å². The minimum atomic E-state index is -1.02. The van der Waals surface area contributed by atoms with Gasteiger partial charge in [0, 0.05) is 57.4 Å².